The smallest absolute Gasteiger partial charge is 0.0673 e. The van der Waals surface area contributed by atoms with Gasteiger partial charge in [-0.3, -0.25) is 0 Å². The Morgan fingerprint density at radius 3 is 2.74 bits per heavy atom. The van der Waals surface area contributed by atoms with Crippen molar-refractivity contribution >= 4 is 0 Å². The zero-order chi connectivity index (χ0) is 13.6. The zero-order valence-electron chi connectivity index (χ0n) is 12.9. The fourth-order valence-corrected chi connectivity index (χ4v) is 3.78. The molecule has 1 saturated carbocycles. The van der Waals surface area contributed by atoms with Crippen molar-refractivity contribution in [2.24, 2.45) is 5.41 Å². The van der Waals surface area contributed by atoms with E-state index in [1.807, 2.05) is 0 Å². The van der Waals surface area contributed by atoms with Gasteiger partial charge in [0.2, 0.25) is 0 Å². The number of nitrogens with zero attached hydrogens (tertiary/aromatic N) is 1. The van der Waals surface area contributed by atoms with Gasteiger partial charge < -0.3 is 15.0 Å². The monoisotopic (exact) mass is 268 g/mol. The van der Waals surface area contributed by atoms with Crippen molar-refractivity contribution in [1.29, 1.82) is 0 Å². The maximum absolute atomic E-state index is 5.78. The first-order chi connectivity index (χ1) is 9.24. The molecule has 0 spiro atoms. The minimum atomic E-state index is 0.405. The number of hydrogen-bond acceptors (Lipinski definition) is 3. The molecular weight excluding hydrogens is 236 g/mol. The van der Waals surface area contributed by atoms with Gasteiger partial charge in [-0.2, -0.15) is 0 Å². The fraction of sp³-hybridized carbons (Fsp3) is 1.00. The van der Waals surface area contributed by atoms with Crippen molar-refractivity contribution in [1.82, 2.24) is 10.2 Å². The number of hydrogen-bond donors (Lipinski definition) is 1. The third kappa shape index (κ3) is 4.73. The lowest BCUT2D eigenvalue weighted by Crippen LogP contribution is -2.46. The molecule has 0 aromatic carbocycles. The molecule has 1 N–H and O–H groups in total. The predicted molar refractivity (Wildman–Crippen MR) is 80.5 cm³/mol. The van der Waals surface area contributed by atoms with Gasteiger partial charge in [-0.25, -0.2) is 0 Å². The highest BCUT2D eigenvalue weighted by atomic mass is 16.5. The highest BCUT2D eigenvalue weighted by Crippen LogP contribution is 2.36. The van der Waals surface area contributed by atoms with E-state index < -0.39 is 0 Å². The second-order valence-corrected chi connectivity index (χ2v) is 6.61. The summed E-state index contributed by atoms with van der Waals surface area (Å²) in [4.78, 5) is 2.67. The van der Waals surface area contributed by atoms with E-state index in [2.05, 4.69) is 24.1 Å². The van der Waals surface area contributed by atoms with Gasteiger partial charge >= 0.3 is 0 Å². The van der Waals surface area contributed by atoms with Gasteiger partial charge in [0.05, 0.1) is 6.10 Å². The van der Waals surface area contributed by atoms with Crippen LogP contribution in [0.5, 0.6) is 0 Å². The molecule has 0 bridgehead atoms. The maximum Gasteiger partial charge on any atom is 0.0673 e. The van der Waals surface area contributed by atoms with E-state index in [0.717, 1.165) is 19.7 Å². The Balaban J connectivity index is 1.93. The van der Waals surface area contributed by atoms with E-state index in [-0.39, 0.29) is 0 Å². The van der Waals surface area contributed by atoms with Crippen LogP contribution in [0, 0.1) is 5.41 Å². The predicted octanol–water partition coefficient (Wildman–Crippen LogP) is 2.66. The zero-order valence-corrected chi connectivity index (χ0v) is 12.9. The summed E-state index contributed by atoms with van der Waals surface area (Å²) in [6, 6.07) is 0. The molecule has 112 valence electrons. The molecule has 0 aromatic rings. The van der Waals surface area contributed by atoms with E-state index in [1.54, 1.807) is 0 Å². The van der Waals surface area contributed by atoms with Crippen molar-refractivity contribution in [2.75, 3.05) is 39.3 Å². The standard InChI is InChI=1S/C16H32N2O/c1-3-17-13-16(8-5-4-6-9-16)14-18-10-7-11-19-15(2)12-18/h15,17H,3-14H2,1-2H3. The Morgan fingerprint density at radius 1 is 1.21 bits per heavy atom. The van der Waals surface area contributed by atoms with E-state index >= 15 is 0 Å². The molecule has 1 unspecified atom stereocenters. The highest BCUT2D eigenvalue weighted by Gasteiger charge is 2.34. The van der Waals surface area contributed by atoms with Gasteiger partial charge in [0, 0.05) is 32.8 Å². The SMILES string of the molecule is CCNCC1(CN2CCCOC(C)C2)CCCCC1. The molecule has 1 aliphatic carbocycles. The second kappa shape index (κ2) is 7.61. The molecular formula is C16H32N2O. The molecule has 1 heterocycles. The fourth-order valence-electron chi connectivity index (χ4n) is 3.78. The van der Waals surface area contributed by atoms with Crippen LogP contribution in [0.2, 0.25) is 0 Å². The quantitative estimate of drug-likeness (QED) is 0.829. The third-order valence-electron chi connectivity index (χ3n) is 4.76. The summed E-state index contributed by atoms with van der Waals surface area (Å²) in [7, 11) is 0. The first-order valence-electron chi connectivity index (χ1n) is 8.29. The number of rotatable bonds is 5. The molecule has 1 atom stereocenters. The van der Waals surface area contributed by atoms with E-state index in [4.69, 9.17) is 4.74 Å². The number of ether oxygens (including phenoxy) is 1. The normalized spacial score (nSPS) is 29.1. The lowest BCUT2D eigenvalue weighted by molar-refractivity contribution is 0.0518. The maximum atomic E-state index is 5.78. The molecule has 2 aliphatic rings. The molecule has 2 fully saturated rings. The average molecular weight is 268 g/mol. The molecule has 3 heteroatoms. The van der Waals surface area contributed by atoms with Crippen LogP contribution in [0.3, 0.4) is 0 Å². The van der Waals surface area contributed by atoms with E-state index in [9.17, 15) is 0 Å². The lowest BCUT2D eigenvalue weighted by atomic mass is 9.73. The molecule has 0 amide bonds. The van der Waals surface area contributed by atoms with Crippen LogP contribution in [0.4, 0.5) is 0 Å². The summed E-state index contributed by atoms with van der Waals surface area (Å²) in [5, 5.41) is 3.62. The minimum absolute atomic E-state index is 0.405. The van der Waals surface area contributed by atoms with Crippen LogP contribution in [-0.2, 0) is 4.74 Å². The molecule has 1 aliphatic heterocycles. The Kier molecular flexibility index (Phi) is 6.11. The molecule has 0 radical (unpaired) electrons. The van der Waals surface area contributed by atoms with Crippen molar-refractivity contribution in [3.8, 4) is 0 Å². The van der Waals surface area contributed by atoms with Gasteiger partial charge in [-0.15, -0.1) is 0 Å². The third-order valence-corrected chi connectivity index (χ3v) is 4.76. The summed E-state index contributed by atoms with van der Waals surface area (Å²) in [5.41, 5.74) is 0.526. The first-order valence-corrected chi connectivity index (χ1v) is 8.29. The lowest BCUT2D eigenvalue weighted by Gasteiger charge is -2.41. The van der Waals surface area contributed by atoms with Crippen LogP contribution < -0.4 is 5.32 Å². The Bertz CT molecular complexity index is 251. The van der Waals surface area contributed by atoms with Crippen LogP contribution in [0.25, 0.3) is 0 Å². The summed E-state index contributed by atoms with van der Waals surface area (Å²) >= 11 is 0. The summed E-state index contributed by atoms with van der Waals surface area (Å²) in [6.07, 6.45) is 8.70. The van der Waals surface area contributed by atoms with Crippen molar-refractivity contribution < 1.29 is 4.74 Å². The number of nitrogens with one attached hydrogen (secondary N) is 1. The minimum Gasteiger partial charge on any atom is -0.377 e. The average Bonchev–Trinajstić information content (AvgIpc) is 2.62. The first kappa shape index (κ1) is 15.3. The van der Waals surface area contributed by atoms with Crippen molar-refractivity contribution in [3.63, 3.8) is 0 Å². The van der Waals surface area contributed by atoms with Gasteiger partial charge in [0.25, 0.3) is 0 Å². The Morgan fingerprint density at radius 2 is 2.00 bits per heavy atom. The van der Waals surface area contributed by atoms with Gasteiger partial charge in [-0.1, -0.05) is 26.2 Å². The topological polar surface area (TPSA) is 24.5 Å². The van der Waals surface area contributed by atoms with Crippen molar-refractivity contribution in [3.05, 3.63) is 0 Å². The largest absolute Gasteiger partial charge is 0.377 e. The van der Waals surface area contributed by atoms with Crippen molar-refractivity contribution in [2.45, 2.75) is 58.5 Å². The molecule has 2 rings (SSSR count). The van der Waals surface area contributed by atoms with Gasteiger partial charge in [0.1, 0.15) is 0 Å². The van der Waals surface area contributed by atoms with Crippen LogP contribution >= 0.6 is 0 Å². The highest BCUT2D eigenvalue weighted by molar-refractivity contribution is 4.88. The van der Waals surface area contributed by atoms with E-state index in [0.29, 0.717) is 11.5 Å². The van der Waals surface area contributed by atoms with Crippen LogP contribution in [0.1, 0.15) is 52.4 Å². The Labute approximate surface area is 119 Å². The Hall–Kier alpha value is -0.120. The van der Waals surface area contributed by atoms with Crippen LogP contribution in [-0.4, -0.2) is 50.3 Å². The molecule has 0 aromatic heterocycles. The molecule has 1 saturated heterocycles. The summed E-state index contributed by atoms with van der Waals surface area (Å²) < 4.78 is 5.78. The van der Waals surface area contributed by atoms with Gasteiger partial charge in [0.15, 0.2) is 0 Å². The second-order valence-electron chi connectivity index (χ2n) is 6.61. The van der Waals surface area contributed by atoms with Crippen LogP contribution in [0.15, 0.2) is 0 Å². The summed E-state index contributed by atoms with van der Waals surface area (Å²) in [6.45, 7) is 11.3. The van der Waals surface area contributed by atoms with E-state index in [1.165, 1.54) is 58.2 Å². The summed E-state index contributed by atoms with van der Waals surface area (Å²) in [5.74, 6) is 0. The van der Waals surface area contributed by atoms with Gasteiger partial charge in [-0.05, 0) is 38.1 Å². The molecule has 3 nitrogen and oxygen atoms in total. The molecule has 19 heavy (non-hydrogen) atoms.